The first kappa shape index (κ1) is 13.1. The SMILES string of the molecule is CCC(C)C(OC)C(=O)Nc1nc(C)cs1. The Hall–Kier alpha value is -0.940. The number of hydrogen-bond donors (Lipinski definition) is 1. The van der Waals surface area contributed by atoms with Crippen molar-refractivity contribution < 1.29 is 9.53 Å². The minimum atomic E-state index is -0.408. The Morgan fingerprint density at radius 1 is 1.69 bits per heavy atom. The number of thiazole rings is 1. The number of anilines is 1. The van der Waals surface area contributed by atoms with E-state index in [4.69, 9.17) is 4.74 Å². The summed E-state index contributed by atoms with van der Waals surface area (Å²) in [5.41, 5.74) is 0.915. The van der Waals surface area contributed by atoms with Crippen LogP contribution in [0.15, 0.2) is 5.38 Å². The van der Waals surface area contributed by atoms with Crippen LogP contribution in [0, 0.1) is 12.8 Å². The molecule has 1 rings (SSSR count). The van der Waals surface area contributed by atoms with Gasteiger partial charge in [0, 0.05) is 12.5 Å². The summed E-state index contributed by atoms with van der Waals surface area (Å²) < 4.78 is 5.21. The van der Waals surface area contributed by atoms with Gasteiger partial charge in [-0.3, -0.25) is 10.1 Å². The van der Waals surface area contributed by atoms with Gasteiger partial charge in [0.05, 0.1) is 5.69 Å². The number of carbonyl (C=O) groups is 1. The highest BCUT2D eigenvalue weighted by atomic mass is 32.1. The van der Waals surface area contributed by atoms with Gasteiger partial charge in [-0.25, -0.2) is 4.98 Å². The molecule has 2 atom stereocenters. The standard InChI is InChI=1S/C11H18N2O2S/c1-5-7(2)9(15-4)10(14)13-11-12-8(3)6-16-11/h6-7,9H,5H2,1-4H3,(H,12,13,14). The van der Waals surface area contributed by atoms with E-state index in [0.29, 0.717) is 5.13 Å². The van der Waals surface area contributed by atoms with Crippen LogP contribution in [0.1, 0.15) is 26.0 Å². The van der Waals surface area contributed by atoms with E-state index in [-0.39, 0.29) is 11.8 Å². The first-order chi connectivity index (χ1) is 7.58. The van der Waals surface area contributed by atoms with E-state index in [1.54, 1.807) is 7.11 Å². The number of methoxy groups -OCH3 is 1. The summed E-state index contributed by atoms with van der Waals surface area (Å²) in [4.78, 5) is 16.1. The summed E-state index contributed by atoms with van der Waals surface area (Å²) >= 11 is 1.43. The topological polar surface area (TPSA) is 51.2 Å². The molecule has 16 heavy (non-hydrogen) atoms. The molecule has 5 heteroatoms. The Balaban J connectivity index is 2.62. The maximum atomic E-state index is 11.9. The zero-order chi connectivity index (χ0) is 12.1. The molecule has 90 valence electrons. The molecule has 0 saturated heterocycles. The minimum absolute atomic E-state index is 0.119. The Labute approximate surface area is 100 Å². The molecule has 4 nitrogen and oxygen atoms in total. The van der Waals surface area contributed by atoms with Crippen LogP contribution in [0.5, 0.6) is 0 Å². The van der Waals surface area contributed by atoms with E-state index < -0.39 is 6.10 Å². The Bertz CT molecular complexity index is 352. The molecule has 1 aromatic heterocycles. The van der Waals surface area contributed by atoms with Gasteiger partial charge < -0.3 is 4.74 Å². The first-order valence-electron chi connectivity index (χ1n) is 5.34. The molecule has 1 heterocycles. The number of hydrogen-bond acceptors (Lipinski definition) is 4. The van der Waals surface area contributed by atoms with Crippen LogP contribution in [0.2, 0.25) is 0 Å². The minimum Gasteiger partial charge on any atom is -0.371 e. The summed E-state index contributed by atoms with van der Waals surface area (Å²) in [6.45, 7) is 5.94. The number of rotatable bonds is 5. The van der Waals surface area contributed by atoms with Crippen LogP contribution in [-0.2, 0) is 9.53 Å². The van der Waals surface area contributed by atoms with Crippen LogP contribution in [0.25, 0.3) is 0 Å². The van der Waals surface area contributed by atoms with Crippen LogP contribution >= 0.6 is 11.3 Å². The van der Waals surface area contributed by atoms with Crippen molar-refractivity contribution in [2.45, 2.75) is 33.3 Å². The molecule has 0 fully saturated rings. The average Bonchev–Trinajstić information content (AvgIpc) is 2.64. The summed E-state index contributed by atoms with van der Waals surface area (Å²) in [6.07, 6.45) is 0.497. The molecule has 0 spiro atoms. The molecule has 0 saturated carbocycles. The molecule has 0 radical (unpaired) electrons. The zero-order valence-electron chi connectivity index (χ0n) is 10.1. The number of nitrogens with one attached hydrogen (secondary N) is 1. The van der Waals surface area contributed by atoms with Crippen molar-refractivity contribution in [1.82, 2.24) is 4.98 Å². The fraction of sp³-hybridized carbons (Fsp3) is 0.636. The molecule has 1 aromatic rings. The van der Waals surface area contributed by atoms with Gasteiger partial charge in [-0.15, -0.1) is 11.3 Å². The van der Waals surface area contributed by atoms with Crippen molar-refractivity contribution >= 4 is 22.4 Å². The van der Waals surface area contributed by atoms with Crippen molar-refractivity contribution in [1.29, 1.82) is 0 Å². The van der Waals surface area contributed by atoms with Gasteiger partial charge in [0.1, 0.15) is 6.10 Å². The van der Waals surface area contributed by atoms with E-state index in [1.807, 2.05) is 26.2 Å². The molecule has 0 aliphatic rings. The quantitative estimate of drug-likeness (QED) is 0.863. The Morgan fingerprint density at radius 2 is 2.38 bits per heavy atom. The summed E-state index contributed by atoms with van der Waals surface area (Å²) in [5, 5.41) is 5.31. The molecular weight excluding hydrogens is 224 g/mol. The van der Waals surface area contributed by atoms with Crippen LogP contribution in [-0.4, -0.2) is 24.1 Å². The van der Waals surface area contributed by atoms with E-state index in [9.17, 15) is 4.79 Å². The lowest BCUT2D eigenvalue weighted by Gasteiger charge is -2.19. The van der Waals surface area contributed by atoms with Crippen LogP contribution in [0.4, 0.5) is 5.13 Å². The van der Waals surface area contributed by atoms with E-state index in [1.165, 1.54) is 11.3 Å². The third-order valence-corrected chi connectivity index (χ3v) is 3.40. The van der Waals surface area contributed by atoms with Crippen molar-refractivity contribution in [2.75, 3.05) is 12.4 Å². The normalized spacial score (nSPS) is 14.5. The monoisotopic (exact) mass is 242 g/mol. The summed E-state index contributed by atoms with van der Waals surface area (Å²) in [6, 6.07) is 0. The third kappa shape index (κ3) is 3.28. The lowest BCUT2D eigenvalue weighted by molar-refractivity contribution is -0.128. The predicted molar refractivity (Wildman–Crippen MR) is 65.7 cm³/mol. The fourth-order valence-electron chi connectivity index (χ4n) is 1.40. The molecule has 0 bridgehead atoms. The average molecular weight is 242 g/mol. The molecular formula is C11H18N2O2S. The molecule has 2 unspecified atom stereocenters. The number of amides is 1. The van der Waals surface area contributed by atoms with E-state index in [2.05, 4.69) is 10.3 Å². The maximum Gasteiger partial charge on any atom is 0.255 e. The number of carbonyl (C=O) groups excluding carboxylic acids is 1. The van der Waals surface area contributed by atoms with Crippen molar-refractivity contribution in [3.05, 3.63) is 11.1 Å². The molecule has 0 aromatic carbocycles. The summed E-state index contributed by atoms with van der Waals surface area (Å²) in [7, 11) is 1.56. The highest BCUT2D eigenvalue weighted by Crippen LogP contribution is 2.17. The van der Waals surface area contributed by atoms with Crippen molar-refractivity contribution in [3.8, 4) is 0 Å². The Kier molecular flexibility index (Phi) is 4.89. The number of aromatic nitrogens is 1. The third-order valence-electron chi connectivity index (χ3n) is 2.52. The van der Waals surface area contributed by atoms with Crippen molar-refractivity contribution in [2.24, 2.45) is 5.92 Å². The highest BCUT2D eigenvalue weighted by molar-refractivity contribution is 7.13. The molecule has 0 aliphatic carbocycles. The molecule has 1 amide bonds. The number of nitrogens with zero attached hydrogens (tertiary/aromatic N) is 1. The second-order valence-corrected chi connectivity index (χ2v) is 4.68. The van der Waals surface area contributed by atoms with Gasteiger partial charge in [0.25, 0.3) is 5.91 Å². The maximum absolute atomic E-state index is 11.9. The largest absolute Gasteiger partial charge is 0.371 e. The predicted octanol–water partition coefficient (Wildman–Crippen LogP) is 2.45. The second kappa shape index (κ2) is 5.96. The van der Waals surface area contributed by atoms with Crippen LogP contribution < -0.4 is 5.32 Å². The molecule has 1 N–H and O–H groups in total. The van der Waals surface area contributed by atoms with Gasteiger partial charge in [-0.1, -0.05) is 20.3 Å². The van der Waals surface area contributed by atoms with Gasteiger partial charge in [-0.2, -0.15) is 0 Å². The lowest BCUT2D eigenvalue weighted by atomic mass is 10.0. The smallest absolute Gasteiger partial charge is 0.255 e. The van der Waals surface area contributed by atoms with E-state index in [0.717, 1.165) is 12.1 Å². The van der Waals surface area contributed by atoms with Gasteiger partial charge in [0.15, 0.2) is 5.13 Å². The molecule has 0 aliphatic heterocycles. The van der Waals surface area contributed by atoms with E-state index >= 15 is 0 Å². The Morgan fingerprint density at radius 3 is 2.81 bits per heavy atom. The first-order valence-corrected chi connectivity index (χ1v) is 6.22. The fourth-order valence-corrected chi connectivity index (χ4v) is 2.09. The highest BCUT2D eigenvalue weighted by Gasteiger charge is 2.24. The summed E-state index contributed by atoms with van der Waals surface area (Å²) in [5.74, 6) is 0.0808. The van der Waals surface area contributed by atoms with Crippen LogP contribution in [0.3, 0.4) is 0 Å². The van der Waals surface area contributed by atoms with Gasteiger partial charge >= 0.3 is 0 Å². The number of ether oxygens (including phenoxy) is 1. The zero-order valence-corrected chi connectivity index (χ0v) is 10.9. The van der Waals surface area contributed by atoms with Gasteiger partial charge in [0.2, 0.25) is 0 Å². The number of aryl methyl sites for hydroxylation is 1. The second-order valence-electron chi connectivity index (χ2n) is 3.83. The lowest BCUT2D eigenvalue weighted by Crippen LogP contribution is -2.34. The van der Waals surface area contributed by atoms with Gasteiger partial charge in [-0.05, 0) is 12.8 Å². The van der Waals surface area contributed by atoms with Crippen molar-refractivity contribution in [3.63, 3.8) is 0 Å².